The molecular weight excluding hydrogens is 541 g/mol. The molecule has 5 rings (SSSR count). The van der Waals surface area contributed by atoms with E-state index in [0.717, 1.165) is 5.56 Å². The molecule has 0 spiro atoms. The largest absolute Gasteiger partial charge is 0.455 e. The molecule has 0 saturated heterocycles. The summed E-state index contributed by atoms with van der Waals surface area (Å²) >= 11 is 18.5. The maximum Gasteiger partial charge on any atom is 0.257 e. The third-order valence-electron chi connectivity index (χ3n) is 4.98. The normalized spacial score (nSPS) is 11.5. The lowest BCUT2D eigenvalue weighted by Crippen LogP contribution is -2.12. The molecule has 0 fully saturated rings. The van der Waals surface area contributed by atoms with Gasteiger partial charge in [0, 0.05) is 22.7 Å². The van der Waals surface area contributed by atoms with E-state index in [1.54, 1.807) is 43.4 Å². The van der Waals surface area contributed by atoms with Crippen LogP contribution in [0.2, 0.25) is 15.1 Å². The van der Waals surface area contributed by atoms with Crippen LogP contribution in [-0.4, -0.2) is 36.1 Å². The van der Waals surface area contributed by atoms with E-state index < -0.39 is 0 Å². The van der Waals surface area contributed by atoms with Crippen LogP contribution in [0, 0.1) is 0 Å². The molecule has 0 bridgehead atoms. The molecule has 0 saturated carbocycles. The van der Waals surface area contributed by atoms with Gasteiger partial charge in [0.2, 0.25) is 5.82 Å². The minimum atomic E-state index is -0.103. The zero-order valence-corrected chi connectivity index (χ0v) is 21.3. The fourth-order valence-corrected chi connectivity index (χ4v) is 3.88. The quantitative estimate of drug-likeness (QED) is 0.169. The van der Waals surface area contributed by atoms with Crippen LogP contribution in [0.4, 0.5) is 0 Å². The lowest BCUT2D eigenvalue weighted by atomic mass is 10.1. The van der Waals surface area contributed by atoms with Gasteiger partial charge in [-0.2, -0.15) is 0 Å². The van der Waals surface area contributed by atoms with Crippen LogP contribution in [0.5, 0.6) is 11.5 Å². The third-order valence-corrected chi connectivity index (χ3v) is 5.74. The summed E-state index contributed by atoms with van der Waals surface area (Å²) in [6, 6.07) is 19.3. The zero-order chi connectivity index (χ0) is 25.8. The van der Waals surface area contributed by atoms with Crippen molar-refractivity contribution >= 4 is 40.5 Å². The summed E-state index contributed by atoms with van der Waals surface area (Å²) in [5.41, 5.74) is 1.68. The number of hydrogen-bond donors (Lipinski definition) is 0. The monoisotopic (exact) mass is 555 g/mol. The highest BCUT2D eigenvalue weighted by Crippen LogP contribution is 2.38. The molecule has 13 heteroatoms. The van der Waals surface area contributed by atoms with Crippen molar-refractivity contribution in [3.8, 4) is 23.0 Å². The molecule has 0 atom stereocenters. The van der Waals surface area contributed by atoms with Gasteiger partial charge in [0.15, 0.2) is 12.3 Å². The van der Waals surface area contributed by atoms with Crippen LogP contribution in [-0.2, 0) is 18.5 Å². The average molecular weight is 557 g/mol. The Hall–Kier alpha value is -3.99. The van der Waals surface area contributed by atoms with Gasteiger partial charge in [-0.1, -0.05) is 70.3 Å². The summed E-state index contributed by atoms with van der Waals surface area (Å²) in [5, 5.41) is 25.2. The Morgan fingerprint density at radius 3 is 2.41 bits per heavy atom. The van der Waals surface area contributed by atoms with Crippen LogP contribution in [0.15, 0.2) is 76.3 Å². The molecule has 37 heavy (non-hydrogen) atoms. The van der Waals surface area contributed by atoms with Crippen molar-refractivity contribution in [3.63, 3.8) is 0 Å². The highest BCUT2D eigenvalue weighted by Gasteiger charge is 2.18. The minimum absolute atomic E-state index is 0.103. The molecule has 186 valence electrons. The number of aromatic nitrogens is 6. The van der Waals surface area contributed by atoms with E-state index in [1.165, 1.54) is 4.68 Å². The molecule has 3 aromatic carbocycles. The Kier molecular flexibility index (Phi) is 7.31. The van der Waals surface area contributed by atoms with Crippen molar-refractivity contribution in [1.29, 1.82) is 0 Å². The SMILES string of the molecule is Cn1nnnc1/C(=N\OCc1nnc(-c2cc(Cl)ccc2Oc2ccc(Cl)cc2Cl)o1)c1ccccc1. The van der Waals surface area contributed by atoms with Gasteiger partial charge in [-0.05, 0) is 46.8 Å². The van der Waals surface area contributed by atoms with Crippen LogP contribution in [0.25, 0.3) is 11.5 Å². The molecule has 5 aromatic rings. The number of benzene rings is 3. The number of aryl methyl sites for hydroxylation is 1. The molecule has 2 aromatic heterocycles. The Balaban J connectivity index is 1.37. The van der Waals surface area contributed by atoms with Gasteiger partial charge in [-0.3, -0.25) is 0 Å². The van der Waals surface area contributed by atoms with Gasteiger partial charge in [0.25, 0.3) is 11.8 Å². The van der Waals surface area contributed by atoms with Crippen molar-refractivity contribution in [1.82, 2.24) is 30.4 Å². The van der Waals surface area contributed by atoms with Crippen LogP contribution in [0.1, 0.15) is 17.3 Å². The second-order valence-corrected chi connectivity index (χ2v) is 8.80. The molecule has 2 heterocycles. The van der Waals surface area contributed by atoms with E-state index in [4.69, 9.17) is 48.8 Å². The number of nitrogens with zero attached hydrogens (tertiary/aromatic N) is 7. The summed E-state index contributed by atoms with van der Waals surface area (Å²) < 4.78 is 13.3. The number of hydrogen-bond acceptors (Lipinski definition) is 9. The molecule has 0 aliphatic carbocycles. The first kappa shape index (κ1) is 24.7. The molecule has 0 radical (unpaired) electrons. The van der Waals surface area contributed by atoms with Gasteiger partial charge in [-0.15, -0.1) is 15.3 Å². The first-order valence-corrected chi connectivity index (χ1v) is 11.8. The molecule has 0 aliphatic rings. The maximum absolute atomic E-state index is 6.26. The zero-order valence-electron chi connectivity index (χ0n) is 19.0. The Morgan fingerprint density at radius 1 is 0.919 bits per heavy atom. The Morgan fingerprint density at radius 2 is 1.68 bits per heavy atom. The van der Waals surface area contributed by atoms with Gasteiger partial charge >= 0.3 is 0 Å². The van der Waals surface area contributed by atoms with Crippen molar-refractivity contribution in [3.05, 3.63) is 99.1 Å². The van der Waals surface area contributed by atoms with Gasteiger partial charge in [0.05, 0.1) is 10.6 Å². The average Bonchev–Trinajstić information content (AvgIpc) is 3.54. The van der Waals surface area contributed by atoms with Crippen molar-refractivity contribution in [2.75, 3.05) is 0 Å². The summed E-state index contributed by atoms with van der Waals surface area (Å²) in [4.78, 5) is 5.54. The van der Waals surface area contributed by atoms with E-state index in [9.17, 15) is 0 Å². The van der Waals surface area contributed by atoms with E-state index in [1.807, 2.05) is 30.3 Å². The third kappa shape index (κ3) is 5.72. The lowest BCUT2D eigenvalue weighted by Gasteiger charge is -2.11. The summed E-state index contributed by atoms with van der Waals surface area (Å²) in [7, 11) is 1.71. The second-order valence-electron chi connectivity index (χ2n) is 7.52. The van der Waals surface area contributed by atoms with E-state index in [2.05, 4.69) is 30.9 Å². The van der Waals surface area contributed by atoms with Crippen molar-refractivity contribution < 1.29 is 14.0 Å². The van der Waals surface area contributed by atoms with Crippen molar-refractivity contribution in [2.45, 2.75) is 6.61 Å². The molecule has 0 N–H and O–H groups in total. The second kappa shape index (κ2) is 11.0. The number of rotatable bonds is 8. The number of tetrazole rings is 1. The maximum atomic E-state index is 6.26. The fraction of sp³-hybridized carbons (Fsp3) is 0.0833. The molecule has 0 unspecified atom stereocenters. The highest BCUT2D eigenvalue weighted by atomic mass is 35.5. The number of ether oxygens (including phenoxy) is 1. The molecule has 0 aliphatic heterocycles. The first-order valence-electron chi connectivity index (χ1n) is 10.7. The summed E-state index contributed by atoms with van der Waals surface area (Å²) in [5.74, 6) is 1.59. The topological polar surface area (TPSA) is 113 Å². The van der Waals surface area contributed by atoms with Crippen LogP contribution >= 0.6 is 34.8 Å². The summed E-state index contributed by atoms with van der Waals surface area (Å²) in [6.07, 6.45) is 0. The molecule has 0 amide bonds. The van der Waals surface area contributed by atoms with Gasteiger partial charge in [-0.25, -0.2) is 4.68 Å². The first-order chi connectivity index (χ1) is 18.0. The van der Waals surface area contributed by atoms with Crippen LogP contribution < -0.4 is 4.74 Å². The standard InChI is InChI=1S/C24H16Cl3N7O3/c1-34-23(29-32-33-34)22(14-5-3-2-4-6-14)31-35-13-21-28-30-24(37-21)17-11-15(25)7-9-19(17)36-20-10-8-16(26)12-18(20)27/h2-12H,13H2,1H3/b31-22-. The smallest absolute Gasteiger partial charge is 0.257 e. The van der Waals surface area contributed by atoms with Gasteiger partial charge < -0.3 is 14.0 Å². The molecule has 10 nitrogen and oxygen atoms in total. The van der Waals surface area contributed by atoms with E-state index in [0.29, 0.717) is 43.7 Å². The predicted molar refractivity (Wildman–Crippen MR) is 137 cm³/mol. The minimum Gasteiger partial charge on any atom is -0.455 e. The summed E-state index contributed by atoms with van der Waals surface area (Å²) in [6.45, 7) is -0.103. The lowest BCUT2D eigenvalue weighted by molar-refractivity contribution is 0.111. The van der Waals surface area contributed by atoms with E-state index in [-0.39, 0.29) is 18.4 Å². The number of oxime groups is 1. The Bertz CT molecular complexity index is 1570. The van der Waals surface area contributed by atoms with Gasteiger partial charge in [0.1, 0.15) is 11.5 Å². The predicted octanol–water partition coefficient (Wildman–Crippen LogP) is 5.98. The fourth-order valence-electron chi connectivity index (χ4n) is 3.26. The highest BCUT2D eigenvalue weighted by molar-refractivity contribution is 6.35. The Labute approximate surface area is 225 Å². The van der Waals surface area contributed by atoms with E-state index >= 15 is 0 Å². The van der Waals surface area contributed by atoms with Crippen LogP contribution in [0.3, 0.4) is 0 Å². The number of halogens is 3. The van der Waals surface area contributed by atoms with Crippen molar-refractivity contribution in [2.24, 2.45) is 12.2 Å². The molecular formula is C24H16Cl3N7O3.